The van der Waals surface area contributed by atoms with Gasteiger partial charge in [-0.25, -0.2) is 0 Å². The van der Waals surface area contributed by atoms with Gasteiger partial charge in [0.25, 0.3) is 0 Å². The van der Waals surface area contributed by atoms with Crippen molar-refractivity contribution >= 4 is 17.5 Å². The molecule has 2 heteroatoms. The number of terminal acetylenes is 2. The molecule has 0 spiro atoms. The SMILES string of the molecule is C#CC#CC#C.CC(=O)CSc1ccccc1. The summed E-state index contributed by atoms with van der Waals surface area (Å²) < 4.78 is 0. The van der Waals surface area contributed by atoms with Crippen molar-refractivity contribution in [1.82, 2.24) is 0 Å². The molecule has 1 aromatic rings. The number of carbonyl (C=O) groups excluding carboxylic acids is 1. The number of benzene rings is 1. The molecule has 1 rings (SSSR count). The molecule has 0 heterocycles. The third-order valence-electron chi connectivity index (χ3n) is 1.39. The molecule has 0 unspecified atom stereocenters. The summed E-state index contributed by atoms with van der Waals surface area (Å²) >= 11 is 1.58. The van der Waals surface area contributed by atoms with E-state index < -0.39 is 0 Å². The molecule has 0 aliphatic heterocycles. The molecule has 1 nitrogen and oxygen atoms in total. The third-order valence-corrected chi connectivity index (χ3v) is 2.55. The minimum absolute atomic E-state index is 0.221. The van der Waals surface area contributed by atoms with Gasteiger partial charge >= 0.3 is 0 Å². The van der Waals surface area contributed by atoms with Gasteiger partial charge in [0.2, 0.25) is 0 Å². The first-order valence-electron chi connectivity index (χ1n) is 4.79. The average Bonchev–Trinajstić information content (AvgIpc) is 2.36. The van der Waals surface area contributed by atoms with E-state index in [0.29, 0.717) is 5.75 Å². The fourth-order valence-electron chi connectivity index (χ4n) is 0.774. The van der Waals surface area contributed by atoms with Crippen molar-refractivity contribution in [2.75, 3.05) is 5.75 Å². The Balaban J connectivity index is 0.000000366. The largest absolute Gasteiger partial charge is 0.299 e. The van der Waals surface area contributed by atoms with Gasteiger partial charge < -0.3 is 0 Å². The fourth-order valence-corrected chi connectivity index (χ4v) is 1.49. The maximum atomic E-state index is 10.6. The molecule has 0 radical (unpaired) electrons. The predicted molar refractivity (Wildman–Crippen MR) is 73.3 cm³/mol. The molecular formula is C15H12OS. The lowest BCUT2D eigenvalue weighted by Crippen LogP contribution is -1.92. The lowest BCUT2D eigenvalue weighted by Gasteiger charge is -1.95. The first-order valence-corrected chi connectivity index (χ1v) is 5.77. The third kappa shape index (κ3) is 10.2. The maximum absolute atomic E-state index is 10.6. The van der Waals surface area contributed by atoms with E-state index in [4.69, 9.17) is 12.8 Å². The summed E-state index contributed by atoms with van der Waals surface area (Å²) in [7, 11) is 0. The molecule has 0 N–H and O–H groups in total. The van der Waals surface area contributed by atoms with Crippen LogP contribution >= 0.6 is 11.8 Å². The van der Waals surface area contributed by atoms with Gasteiger partial charge in [-0.2, -0.15) is 0 Å². The number of ketones is 1. The van der Waals surface area contributed by atoms with Gasteiger partial charge in [0.1, 0.15) is 5.78 Å². The normalized spacial score (nSPS) is 7.24. The molecule has 0 fully saturated rings. The minimum Gasteiger partial charge on any atom is -0.299 e. The minimum atomic E-state index is 0.221. The van der Waals surface area contributed by atoms with E-state index in [2.05, 4.69) is 23.7 Å². The number of Topliss-reactive ketones (excluding diaryl/α,β-unsaturated/α-hetero) is 1. The van der Waals surface area contributed by atoms with Crippen molar-refractivity contribution in [3.63, 3.8) is 0 Å². The molecular weight excluding hydrogens is 228 g/mol. The van der Waals surface area contributed by atoms with Gasteiger partial charge in [-0.1, -0.05) is 18.2 Å². The van der Waals surface area contributed by atoms with Crippen molar-refractivity contribution in [1.29, 1.82) is 0 Å². The van der Waals surface area contributed by atoms with Crippen molar-refractivity contribution in [2.24, 2.45) is 0 Å². The zero-order chi connectivity index (χ0) is 12.9. The number of thioether (sulfide) groups is 1. The van der Waals surface area contributed by atoms with Crippen LogP contribution < -0.4 is 0 Å². The first kappa shape index (κ1) is 14.9. The van der Waals surface area contributed by atoms with Gasteiger partial charge in [0.15, 0.2) is 0 Å². The van der Waals surface area contributed by atoms with Crippen molar-refractivity contribution in [2.45, 2.75) is 11.8 Å². The molecule has 0 saturated carbocycles. The summed E-state index contributed by atoms with van der Waals surface area (Å²) in [5, 5.41) is 0. The first-order chi connectivity index (χ1) is 8.20. The Kier molecular flexibility index (Phi) is 9.16. The number of hydrogen-bond donors (Lipinski definition) is 0. The summed E-state index contributed by atoms with van der Waals surface area (Å²) in [6.07, 6.45) is 9.39. The second kappa shape index (κ2) is 10.4. The van der Waals surface area contributed by atoms with Gasteiger partial charge in [0, 0.05) is 4.90 Å². The number of hydrogen-bond acceptors (Lipinski definition) is 2. The van der Waals surface area contributed by atoms with Gasteiger partial charge in [-0.3, -0.25) is 4.79 Å². The van der Waals surface area contributed by atoms with Crippen LogP contribution in [0.2, 0.25) is 0 Å². The molecule has 0 aliphatic carbocycles. The van der Waals surface area contributed by atoms with Crippen LogP contribution in [0, 0.1) is 36.5 Å². The second-order valence-electron chi connectivity index (χ2n) is 2.84. The highest BCUT2D eigenvalue weighted by molar-refractivity contribution is 8.00. The van der Waals surface area contributed by atoms with Gasteiger partial charge in [0.05, 0.1) is 5.75 Å². The zero-order valence-corrected chi connectivity index (χ0v) is 10.4. The molecule has 84 valence electrons. The van der Waals surface area contributed by atoms with Crippen LogP contribution in [0.25, 0.3) is 0 Å². The Labute approximate surface area is 107 Å². The maximum Gasteiger partial charge on any atom is 0.140 e. The highest BCUT2D eigenvalue weighted by atomic mass is 32.2. The molecule has 1 aromatic carbocycles. The molecule has 0 aliphatic rings. The molecule has 0 saturated heterocycles. The lowest BCUT2D eigenvalue weighted by molar-refractivity contribution is -0.114. The molecule has 0 bridgehead atoms. The van der Waals surface area contributed by atoms with E-state index in [9.17, 15) is 4.79 Å². The van der Waals surface area contributed by atoms with E-state index in [0.717, 1.165) is 4.90 Å². The highest BCUT2D eigenvalue weighted by Gasteiger charge is 1.94. The molecule has 17 heavy (non-hydrogen) atoms. The number of rotatable bonds is 3. The summed E-state index contributed by atoms with van der Waals surface area (Å²) in [6, 6.07) is 9.93. The van der Waals surface area contributed by atoms with Crippen LogP contribution in [-0.4, -0.2) is 11.5 Å². The summed E-state index contributed by atoms with van der Waals surface area (Å²) in [6.45, 7) is 1.61. The molecule has 0 amide bonds. The van der Waals surface area contributed by atoms with Crippen molar-refractivity contribution in [3.8, 4) is 36.5 Å². The Morgan fingerprint density at radius 3 is 2.12 bits per heavy atom. The Bertz CT molecular complexity index is 460. The van der Waals surface area contributed by atoms with Crippen LogP contribution in [0.15, 0.2) is 35.2 Å². The lowest BCUT2D eigenvalue weighted by atomic mass is 10.4. The predicted octanol–water partition coefficient (Wildman–Crippen LogP) is 2.62. The van der Waals surface area contributed by atoms with Crippen molar-refractivity contribution < 1.29 is 4.79 Å². The van der Waals surface area contributed by atoms with E-state index >= 15 is 0 Å². The van der Waals surface area contributed by atoms with Gasteiger partial charge in [-0.15, -0.1) is 24.6 Å². The molecule has 0 atom stereocenters. The summed E-state index contributed by atoms with van der Waals surface area (Å²) in [5.41, 5.74) is 0. The zero-order valence-electron chi connectivity index (χ0n) is 9.57. The van der Waals surface area contributed by atoms with Crippen LogP contribution in [0.1, 0.15) is 6.92 Å². The van der Waals surface area contributed by atoms with E-state index in [1.165, 1.54) is 0 Å². The smallest absolute Gasteiger partial charge is 0.140 e. The van der Waals surface area contributed by atoms with Crippen LogP contribution in [-0.2, 0) is 4.79 Å². The van der Waals surface area contributed by atoms with Crippen LogP contribution in [0.4, 0.5) is 0 Å². The average molecular weight is 240 g/mol. The topological polar surface area (TPSA) is 17.1 Å². The van der Waals surface area contributed by atoms with Crippen LogP contribution in [0.3, 0.4) is 0 Å². The fraction of sp³-hybridized carbons (Fsp3) is 0.133. The van der Waals surface area contributed by atoms with E-state index in [1.54, 1.807) is 18.7 Å². The number of carbonyl (C=O) groups is 1. The summed E-state index contributed by atoms with van der Waals surface area (Å²) in [4.78, 5) is 11.8. The monoisotopic (exact) mass is 240 g/mol. The Morgan fingerprint density at radius 1 is 1.18 bits per heavy atom. The molecule has 0 aromatic heterocycles. The second-order valence-corrected chi connectivity index (χ2v) is 3.89. The summed E-state index contributed by atoms with van der Waals surface area (Å²) in [5.74, 6) is 9.40. The van der Waals surface area contributed by atoms with E-state index in [1.807, 2.05) is 30.3 Å². The Hall–Kier alpha value is -2.08. The van der Waals surface area contributed by atoms with Gasteiger partial charge in [-0.05, 0) is 42.7 Å². The Morgan fingerprint density at radius 2 is 1.71 bits per heavy atom. The van der Waals surface area contributed by atoms with Crippen LogP contribution in [0.5, 0.6) is 0 Å². The van der Waals surface area contributed by atoms with Crippen molar-refractivity contribution in [3.05, 3.63) is 30.3 Å². The highest BCUT2D eigenvalue weighted by Crippen LogP contribution is 2.16. The standard InChI is InChI=1S/C9H10OS.C6H2/c1-8(10)7-11-9-5-3-2-4-6-9;1-3-5-6-4-2/h2-6H,7H2,1H3;1-2H. The van der Waals surface area contributed by atoms with E-state index in [-0.39, 0.29) is 5.78 Å². The quantitative estimate of drug-likeness (QED) is 0.597.